The topological polar surface area (TPSA) is 90.5 Å². The van der Waals surface area contributed by atoms with Crippen LogP contribution in [0.4, 0.5) is 4.79 Å². The van der Waals surface area contributed by atoms with E-state index in [1.54, 1.807) is 0 Å². The van der Waals surface area contributed by atoms with Gasteiger partial charge in [0.15, 0.2) is 0 Å². The molecule has 0 atom stereocenters. The van der Waals surface area contributed by atoms with Crippen molar-refractivity contribution in [1.82, 2.24) is 20.9 Å². The van der Waals surface area contributed by atoms with Gasteiger partial charge in [0.1, 0.15) is 12.1 Å². The third kappa shape index (κ3) is 3.29. The fourth-order valence-corrected chi connectivity index (χ4v) is 3.47. The Hall–Kier alpha value is -1.93. The first-order chi connectivity index (χ1) is 11.5. The van der Waals surface area contributed by atoms with Crippen LogP contribution in [0.2, 0.25) is 0 Å². The van der Waals surface area contributed by atoms with Gasteiger partial charge < -0.3 is 16.0 Å². The molecule has 0 aromatic heterocycles. The summed E-state index contributed by atoms with van der Waals surface area (Å²) >= 11 is 3.42. The first-order valence-electron chi connectivity index (χ1n) is 7.87. The van der Waals surface area contributed by atoms with Crippen LogP contribution in [-0.4, -0.2) is 47.9 Å². The van der Waals surface area contributed by atoms with Gasteiger partial charge in [-0.3, -0.25) is 14.5 Å². The van der Waals surface area contributed by atoms with Gasteiger partial charge in [0.2, 0.25) is 5.91 Å². The van der Waals surface area contributed by atoms with Gasteiger partial charge in [0, 0.05) is 11.0 Å². The maximum atomic E-state index is 12.6. The molecule has 7 nitrogen and oxygen atoms in total. The number of hydrogen-bond acceptors (Lipinski definition) is 4. The number of benzene rings is 1. The number of carbonyl (C=O) groups excluding carboxylic acids is 3. The van der Waals surface area contributed by atoms with Crippen LogP contribution in [0.15, 0.2) is 28.7 Å². The van der Waals surface area contributed by atoms with E-state index in [4.69, 9.17) is 0 Å². The van der Waals surface area contributed by atoms with Gasteiger partial charge in [0.25, 0.3) is 5.91 Å². The Morgan fingerprint density at radius 2 is 1.96 bits per heavy atom. The van der Waals surface area contributed by atoms with Gasteiger partial charge in [-0.25, -0.2) is 4.79 Å². The minimum atomic E-state index is -0.842. The largest absolute Gasteiger partial charge is 0.350 e. The molecule has 128 valence electrons. The minimum Gasteiger partial charge on any atom is -0.350 e. The average molecular weight is 395 g/mol. The normalized spacial score (nSPS) is 19.5. The molecule has 0 bridgehead atoms. The van der Waals surface area contributed by atoms with Crippen molar-refractivity contribution >= 4 is 33.8 Å². The van der Waals surface area contributed by atoms with E-state index in [1.807, 2.05) is 24.3 Å². The molecule has 3 rings (SSSR count). The van der Waals surface area contributed by atoms with E-state index < -0.39 is 11.6 Å². The summed E-state index contributed by atoms with van der Waals surface area (Å²) in [5.74, 6) is -0.662. The maximum absolute atomic E-state index is 12.6. The lowest BCUT2D eigenvalue weighted by molar-refractivity contribution is -0.135. The van der Waals surface area contributed by atoms with Crippen molar-refractivity contribution in [1.29, 1.82) is 0 Å². The third-order valence-electron chi connectivity index (χ3n) is 4.44. The van der Waals surface area contributed by atoms with Crippen LogP contribution < -0.4 is 16.0 Å². The lowest BCUT2D eigenvalue weighted by Gasteiger charge is -2.31. The standard InChI is InChI=1S/C16H19BrN4O3/c17-12-4-2-1-3-11(12)9-19-13(22)10-21-14(23)16(20-15(21)24)5-7-18-8-6-16/h1-4,18H,5-10H2,(H,19,22)(H,20,24). The number of hydrogen-bond donors (Lipinski definition) is 3. The highest BCUT2D eigenvalue weighted by molar-refractivity contribution is 9.10. The van der Waals surface area contributed by atoms with Gasteiger partial charge in [-0.2, -0.15) is 0 Å². The van der Waals surface area contributed by atoms with Crippen LogP contribution in [-0.2, 0) is 16.1 Å². The second-order valence-electron chi connectivity index (χ2n) is 6.02. The van der Waals surface area contributed by atoms with Crippen molar-refractivity contribution in [2.75, 3.05) is 19.6 Å². The summed E-state index contributed by atoms with van der Waals surface area (Å²) in [6, 6.07) is 7.06. The van der Waals surface area contributed by atoms with Gasteiger partial charge in [0.05, 0.1) is 0 Å². The maximum Gasteiger partial charge on any atom is 0.325 e. The van der Waals surface area contributed by atoms with E-state index in [-0.39, 0.29) is 18.4 Å². The van der Waals surface area contributed by atoms with E-state index in [1.165, 1.54) is 0 Å². The Morgan fingerprint density at radius 3 is 2.67 bits per heavy atom. The monoisotopic (exact) mass is 394 g/mol. The lowest BCUT2D eigenvalue weighted by Crippen LogP contribution is -2.54. The summed E-state index contributed by atoms with van der Waals surface area (Å²) < 4.78 is 0.897. The molecule has 1 aromatic carbocycles. The summed E-state index contributed by atoms with van der Waals surface area (Å²) in [5.41, 5.74) is 0.0864. The molecule has 0 saturated carbocycles. The second kappa shape index (κ2) is 6.90. The van der Waals surface area contributed by atoms with Crippen molar-refractivity contribution in [2.45, 2.75) is 24.9 Å². The Morgan fingerprint density at radius 1 is 1.25 bits per heavy atom. The predicted octanol–water partition coefficient (Wildman–Crippen LogP) is 0.739. The molecular formula is C16H19BrN4O3. The number of rotatable bonds is 4. The van der Waals surface area contributed by atoms with Crippen LogP contribution in [0, 0.1) is 0 Å². The summed E-state index contributed by atoms with van der Waals surface area (Å²) in [5, 5.41) is 8.68. The first kappa shape index (κ1) is 16.9. The number of nitrogens with zero attached hydrogens (tertiary/aromatic N) is 1. The molecule has 0 radical (unpaired) electrons. The predicted molar refractivity (Wildman–Crippen MR) is 91.1 cm³/mol. The molecule has 0 aliphatic carbocycles. The molecule has 3 N–H and O–H groups in total. The summed E-state index contributed by atoms with van der Waals surface area (Å²) in [6.07, 6.45) is 1.10. The summed E-state index contributed by atoms with van der Waals surface area (Å²) in [7, 11) is 0. The summed E-state index contributed by atoms with van der Waals surface area (Å²) in [6.45, 7) is 1.42. The van der Waals surface area contributed by atoms with E-state index in [0.717, 1.165) is 14.9 Å². The molecule has 2 aliphatic rings. The lowest BCUT2D eigenvalue weighted by atomic mass is 9.88. The number of piperidine rings is 1. The molecule has 2 saturated heterocycles. The second-order valence-corrected chi connectivity index (χ2v) is 6.88. The molecule has 2 fully saturated rings. The highest BCUT2D eigenvalue weighted by Gasteiger charge is 2.51. The van der Waals surface area contributed by atoms with Gasteiger partial charge in [-0.1, -0.05) is 34.1 Å². The number of imide groups is 1. The molecule has 4 amide bonds. The molecule has 1 spiro atoms. The Balaban J connectivity index is 1.59. The van der Waals surface area contributed by atoms with E-state index in [2.05, 4.69) is 31.9 Å². The quantitative estimate of drug-likeness (QED) is 0.656. The van der Waals surface area contributed by atoms with Crippen LogP contribution in [0.1, 0.15) is 18.4 Å². The third-order valence-corrected chi connectivity index (χ3v) is 5.21. The van der Waals surface area contributed by atoms with E-state index in [0.29, 0.717) is 32.5 Å². The summed E-state index contributed by atoms with van der Waals surface area (Å²) in [4.78, 5) is 37.8. The SMILES string of the molecule is O=C(CN1C(=O)NC2(CCNCC2)C1=O)NCc1ccccc1Br. The number of carbonyl (C=O) groups is 3. The Labute approximate surface area is 148 Å². The van der Waals surface area contributed by atoms with E-state index in [9.17, 15) is 14.4 Å². The van der Waals surface area contributed by atoms with Crippen LogP contribution in [0.25, 0.3) is 0 Å². The molecule has 0 unspecified atom stereocenters. The number of nitrogens with one attached hydrogen (secondary N) is 3. The molecule has 1 aromatic rings. The molecule has 8 heteroatoms. The number of urea groups is 1. The average Bonchev–Trinajstić information content (AvgIpc) is 2.79. The van der Waals surface area contributed by atoms with Crippen molar-refractivity contribution in [3.63, 3.8) is 0 Å². The van der Waals surface area contributed by atoms with Gasteiger partial charge in [-0.15, -0.1) is 0 Å². The number of halogens is 1. The van der Waals surface area contributed by atoms with Gasteiger partial charge in [-0.05, 0) is 37.6 Å². The highest BCUT2D eigenvalue weighted by atomic mass is 79.9. The zero-order valence-corrected chi connectivity index (χ0v) is 14.7. The molecule has 2 aliphatic heterocycles. The Bertz CT molecular complexity index is 673. The fourth-order valence-electron chi connectivity index (χ4n) is 3.05. The minimum absolute atomic E-state index is 0.260. The number of amides is 4. The van der Waals surface area contributed by atoms with Crippen LogP contribution in [0.5, 0.6) is 0 Å². The zero-order valence-electron chi connectivity index (χ0n) is 13.1. The van der Waals surface area contributed by atoms with Crippen molar-refractivity contribution in [3.8, 4) is 0 Å². The van der Waals surface area contributed by atoms with E-state index >= 15 is 0 Å². The smallest absolute Gasteiger partial charge is 0.325 e. The fraction of sp³-hybridized carbons (Fsp3) is 0.438. The van der Waals surface area contributed by atoms with Crippen molar-refractivity contribution in [3.05, 3.63) is 34.3 Å². The molecule has 2 heterocycles. The molecular weight excluding hydrogens is 376 g/mol. The van der Waals surface area contributed by atoms with Crippen LogP contribution >= 0.6 is 15.9 Å². The first-order valence-corrected chi connectivity index (χ1v) is 8.66. The van der Waals surface area contributed by atoms with Crippen LogP contribution in [0.3, 0.4) is 0 Å². The van der Waals surface area contributed by atoms with Crippen molar-refractivity contribution in [2.24, 2.45) is 0 Å². The molecule has 24 heavy (non-hydrogen) atoms. The Kier molecular flexibility index (Phi) is 4.86. The van der Waals surface area contributed by atoms with Crippen molar-refractivity contribution < 1.29 is 14.4 Å². The van der Waals surface area contributed by atoms with Gasteiger partial charge >= 0.3 is 6.03 Å². The zero-order chi connectivity index (χ0) is 17.2. The highest BCUT2D eigenvalue weighted by Crippen LogP contribution is 2.26.